The Kier molecular flexibility index (Phi) is 5.74. The molecule has 0 spiro atoms. The van der Waals surface area contributed by atoms with Gasteiger partial charge in [-0.25, -0.2) is 13.8 Å². The zero-order valence-corrected chi connectivity index (χ0v) is 17.8. The van der Waals surface area contributed by atoms with Gasteiger partial charge in [-0.1, -0.05) is 30.3 Å². The van der Waals surface area contributed by atoms with Gasteiger partial charge in [0.05, 0.1) is 28.5 Å². The molecule has 0 fully saturated rings. The maximum atomic E-state index is 15.2. The second kappa shape index (κ2) is 9.15. The van der Waals surface area contributed by atoms with Crippen molar-refractivity contribution in [2.75, 3.05) is 0 Å². The summed E-state index contributed by atoms with van der Waals surface area (Å²) in [6, 6.07) is 19.5. The van der Waals surface area contributed by atoms with Gasteiger partial charge in [-0.15, -0.1) is 0 Å². The summed E-state index contributed by atoms with van der Waals surface area (Å²) >= 11 is 0. The number of hydrogen-bond acceptors (Lipinski definition) is 5. The summed E-state index contributed by atoms with van der Waals surface area (Å²) in [7, 11) is 0. The topological polar surface area (TPSA) is 65.0 Å². The number of ether oxygens (including phenoxy) is 1. The minimum Gasteiger partial charge on any atom is -0.486 e. The van der Waals surface area contributed by atoms with E-state index in [1.54, 1.807) is 30.7 Å². The molecule has 0 N–H and O–H groups in total. The van der Waals surface area contributed by atoms with E-state index in [0.717, 1.165) is 17.2 Å². The summed E-state index contributed by atoms with van der Waals surface area (Å²) in [4.78, 5) is 26.1. The lowest BCUT2D eigenvalue weighted by atomic mass is 10.0. The van der Waals surface area contributed by atoms with E-state index in [2.05, 4.69) is 15.0 Å². The van der Waals surface area contributed by atoms with Crippen LogP contribution in [0.25, 0.3) is 22.3 Å². The number of rotatable bonds is 6. The van der Waals surface area contributed by atoms with E-state index in [0.29, 0.717) is 16.7 Å². The minimum atomic E-state index is -1.05. The van der Waals surface area contributed by atoms with Crippen LogP contribution in [0.15, 0.2) is 91.4 Å². The van der Waals surface area contributed by atoms with Crippen molar-refractivity contribution in [3.63, 3.8) is 0 Å². The van der Waals surface area contributed by atoms with Crippen molar-refractivity contribution in [2.45, 2.75) is 6.61 Å². The third kappa shape index (κ3) is 4.23. The van der Waals surface area contributed by atoms with Crippen LogP contribution in [-0.2, 0) is 6.61 Å². The molecule has 3 aromatic carbocycles. The lowest BCUT2D eigenvalue weighted by Crippen LogP contribution is -2.10. The lowest BCUT2D eigenvalue weighted by molar-refractivity contribution is 0.103. The first-order valence-corrected chi connectivity index (χ1v) is 10.5. The first kappa shape index (κ1) is 21.3. The highest BCUT2D eigenvalue weighted by Gasteiger charge is 2.23. The van der Waals surface area contributed by atoms with Gasteiger partial charge in [0.1, 0.15) is 12.4 Å². The van der Waals surface area contributed by atoms with Crippen molar-refractivity contribution < 1.29 is 18.3 Å². The van der Waals surface area contributed by atoms with Crippen LogP contribution in [-0.4, -0.2) is 20.7 Å². The van der Waals surface area contributed by atoms with E-state index in [1.807, 2.05) is 36.4 Å². The third-order valence-electron chi connectivity index (χ3n) is 5.28. The Morgan fingerprint density at radius 1 is 0.882 bits per heavy atom. The number of fused-ring (bicyclic) bond motifs is 1. The van der Waals surface area contributed by atoms with Crippen LogP contribution in [0.1, 0.15) is 21.5 Å². The maximum absolute atomic E-state index is 15.2. The van der Waals surface area contributed by atoms with Gasteiger partial charge < -0.3 is 4.74 Å². The Morgan fingerprint density at radius 3 is 2.53 bits per heavy atom. The molecule has 34 heavy (non-hydrogen) atoms. The number of ketones is 1. The van der Waals surface area contributed by atoms with Crippen LogP contribution in [0.2, 0.25) is 0 Å². The van der Waals surface area contributed by atoms with Crippen molar-refractivity contribution >= 4 is 16.8 Å². The summed E-state index contributed by atoms with van der Waals surface area (Å²) in [6.45, 7) is 0.0830. The van der Waals surface area contributed by atoms with Crippen LogP contribution in [0.3, 0.4) is 0 Å². The van der Waals surface area contributed by atoms with Gasteiger partial charge in [0.2, 0.25) is 0 Å². The van der Waals surface area contributed by atoms with Crippen LogP contribution in [0, 0.1) is 11.6 Å². The Balaban J connectivity index is 1.48. The quantitative estimate of drug-likeness (QED) is 0.305. The maximum Gasteiger partial charge on any atom is 0.199 e. The molecule has 0 aliphatic heterocycles. The lowest BCUT2D eigenvalue weighted by Gasteiger charge is -2.11. The van der Waals surface area contributed by atoms with E-state index in [1.165, 1.54) is 18.2 Å². The molecule has 0 saturated carbocycles. The second-order valence-electron chi connectivity index (χ2n) is 7.54. The van der Waals surface area contributed by atoms with Gasteiger partial charge in [0, 0.05) is 23.5 Å². The molecule has 0 aliphatic rings. The number of benzene rings is 3. The Bertz CT molecular complexity index is 1490. The van der Waals surface area contributed by atoms with E-state index < -0.39 is 23.0 Å². The van der Waals surface area contributed by atoms with Crippen molar-refractivity contribution in [1.82, 2.24) is 15.0 Å². The molecule has 5 nitrogen and oxygen atoms in total. The smallest absolute Gasteiger partial charge is 0.199 e. The fraction of sp³-hybridized carbons (Fsp3) is 0.0370. The SMILES string of the molecule is O=C(c1ccc2ncc(-c3cccnc3)nc2c1)c1c(F)ccc(OCc2ccccc2)c1F. The molecular weight excluding hydrogens is 436 g/mol. The monoisotopic (exact) mass is 453 g/mol. The van der Waals surface area contributed by atoms with E-state index >= 15 is 4.39 Å². The molecule has 0 saturated heterocycles. The van der Waals surface area contributed by atoms with Crippen molar-refractivity contribution in [1.29, 1.82) is 0 Å². The molecule has 7 heteroatoms. The molecule has 5 rings (SSSR count). The number of carbonyl (C=O) groups is 1. The molecule has 0 atom stereocenters. The van der Waals surface area contributed by atoms with E-state index in [4.69, 9.17) is 4.74 Å². The highest BCUT2D eigenvalue weighted by atomic mass is 19.1. The van der Waals surface area contributed by atoms with Crippen molar-refractivity contribution in [2.24, 2.45) is 0 Å². The zero-order valence-electron chi connectivity index (χ0n) is 17.8. The number of aromatic nitrogens is 3. The molecule has 5 aromatic rings. The van der Waals surface area contributed by atoms with Crippen LogP contribution in [0.4, 0.5) is 8.78 Å². The van der Waals surface area contributed by atoms with Gasteiger partial charge >= 0.3 is 0 Å². The van der Waals surface area contributed by atoms with E-state index in [9.17, 15) is 9.18 Å². The number of halogens is 2. The number of carbonyl (C=O) groups excluding carboxylic acids is 1. The summed E-state index contributed by atoms with van der Waals surface area (Å²) in [5.74, 6) is -3.02. The first-order chi connectivity index (χ1) is 16.6. The molecular formula is C27H17F2N3O2. The zero-order chi connectivity index (χ0) is 23.5. The number of pyridine rings is 1. The summed E-state index contributed by atoms with van der Waals surface area (Å²) in [6.07, 6.45) is 4.90. The fourth-order valence-electron chi connectivity index (χ4n) is 3.54. The van der Waals surface area contributed by atoms with Gasteiger partial charge in [-0.2, -0.15) is 0 Å². The van der Waals surface area contributed by atoms with Gasteiger partial charge in [-0.05, 0) is 48.0 Å². The number of hydrogen-bond donors (Lipinski definition) is 0. The fourth-order valence-corrected chi connectivity index (χ4v) is 3.54. The van der Waals surface area contributed by atoms with Gasteiger partial charge in [-0.3, -0.25) is 14.8 Å². The van der Waals surface area contributed by atoms with Gasteiger partial charge in [0.25, 0.3) is 0 Å². The highest BCUT2D eigenvalue weighted by Crippen LogP contribution is 2.27. The van der Waals surface area contributed by atoms with Crippen LogP contribution in [0.5, 0.6) is 5.75 Å². The highest BCUT2D eigenvalue weighted by molar-refractivity contribution is 6.10. The Morgan fingerprint density at radius 2 is 1.74 bits per heavy atom. The van der Waals surface area contributed by atoms with Gasteiger partial charge in [0.15, 0.2) is 17.3 Å². The molecule has 2 heterocycles. The predicted octanol–water partition coefficient (Wildman–Crippen LogP) is 5.78. The van der Waals surface area contributed by atoms with Crippen molar-refractivity contribution in [3.8, 4) is 17.0 Å². The van der Waals surface area contributed by atoms with Crippen LogP contribution >= 0.6 is 0 Å². The van der Waals surface area contributed by atoms with Crippen molar-refractivity contribution in [3.05, 3.63) is 120 Å². The Hall–Kier alpha value is -4.52. The van der Waals surface area contributed by atoms with Crippen LogP contribution < -0.4 is 4.74 Å². The first-order valence-electron chi connectivity index (χ1n) is 10.5. The molecule has 0 aliphatic carbocycles. The average molecular weight is 453 g/mol. The molecule has 0 bridgehead atoms. The molecule has 0 amide bonds. The Labute approximate surface area is 193 Å². The standard InChI is InChI=1S/C27H17F2N3O2/c28-20-9-11-24(34-16-17-5-2-1-3-6-17)26(29)25(20)27(33)18-8-10-21-22(13-18)32-23(15-31-21)19-7-4-12-30-14-19/h1-15H,16H2. The molecule has 0 radical (unpaired) electrons. The third-order valence-corrected chi connectivity index (χ3v) is 5.28. The van der Waals surface area contributed by atoms with E-state index in [-0.39, 0.29) is 17.9 Å². The summed E-state index contributed by atoms with van der Waals surface area (Å²) in [5.41, 5.74) is 2.52. The predicted molar refractivity (Wildman–Crippen MR) is 123 cm³/mol. The number of nitrogens with zero attached hydrogens (tertiary/aromatic N) is 3. The molecule has 166 valence electrons. The molecule has 0 unspecified atom stereocenters. The minimum absolute atomic E-state index is 0.0830. The normalized spacial score (nSPS) is 10.9. The summed E-state index contributed by atoms with van der Waals surface area (Å²) < 4.78 is 35.2. The largest absolute Gasteiger partial charge is 0.486 e. The average Bonchev–Trinajstić information content (AvgIpc) is 2.88. The molecule has 2 aromatic heterocycles. The summed E-state index contributed by atoms with van der Waals surface area (Å²) in [5, 5.41) is 0. The second-order valence-corrected chi connectivity index (χ2v) is 7.54.